The van der Waals surface area contributed by atoms with Gasteiger partial charge in [0.2, 0.25) is 12.3 Å². The Kier molecular flexibility index (Phi) is 4.73. The van der Waals surface area contributed by atoms with Crippen LogP contribution in [0.4, 0.5) is 0 Å². The number of carbonyl (C=O) groups excluding carboxylic acids is 1. The first-order chi connectivity index (χ1) is 13.9. The van der Waals surface area contributed by atoms with Crippen LogP contribution in [0.25, 0.3) is 0 Å². The summed E-state index contributed by atoms with van der Waals surface area (Å²) in [6, 6.07) is 6.02. The van der Waals surface area contributed by atoms with E-state index in [1.54, 1.807) is 0 Å². The van der Waals surface area contributed by atoms with Crippen LogP contribution in [-0.2, 0) is 11.3 Å². The first-order valence-corrected chi connectivity index (χ1v) is 11.8. The molecule has 1 N–H and O–H groups in total. The van der Waals surface area contributed by atoms with E-state index >= 15 is 0 Å². The molecule has 5 rings (SSSR count). The third-order valence-corrected chi connectivity index (χ3v) is 9.58. The summed E-state index contributed by atoms with van der Waals surface area (Å²) in [5.41, 5.74) is 1.99. The lowest BCUT2D eigenvalue weighted by Crippen LogP contribution is -2.51. The number of pyridine rings is 1. The second-order valence-electron chi connectivity index (χ2n) is 10.8. The summed E-state index contributed by atoms with van der Waals surface area (Å²) >= 11 is 0. The summed E-state index contributed by atoms with van der Waals surface area (Å²) in [4.78, 5) is 13.3. The van der Waals surface area contributed by atoms with Crippen molar-refractivity contribution in [3.8, 4) is 0 Å². The monoisotopic (exact) mass is 394 g/mol. The molecule has 4 aliphatic rings. The Morgan fingerprint density at radius 3 is 2.66 bits per heavy atom. The standard InChI is InChI=1S/C26H36NO2/c1-25-12-10-19(28)16-18(25)6-7-20-21-8-9-23(26(21,2)13-11-22(20)25)24(29)17-27-14-4-3-5-15-27/h3-6,14-15,19-23,28H,7-13,16-17H2,1-2H3/q+1. The number of rotatable bonds is 3. The fraction of sp³-hybridized carbons (Fsp3) is 0.692. The number of allylic oxidation sites excluding steroid dienone is 1. The number of hydrogen-bond donors (Lipinski definition) is 1. The van der Waals surface area contributed by atoms with E-state index in [-0.39, 0.29) is 22.9 Å². The van der Waals surface area contributed by atoms with Gasteiger partial charge >= 0.3 is 0 Å². The molecule has 0 amide bonds. The van der Waals surface area contributed by atoms with E-state index < -0.39 is 0 Å². The van der Waals surface area contributed by atoms with Gasteiger partial charge in [-0.15, -0.1) is 0 Å². The second kappa shape index (κ2) is 7.04. The van der Waals surface area contributed by atoms with E-state index in [0.29, 0.717) is 18.2 Å². The van der Waals surface area contributed by atoms with E-state index in [9.17, 15) is 9.90 Å². The predicted octanol–water partition coefficient (Wildman–Crippen LogP) is 4.48. The topological polar surface area (TPSA) is 41.2 Å². The molecule has 1 aromatic heterocycles. The van der Waals surface area contributed by atoms with Crippen LogP contribution in [-0.4, -0.2) is 17.0 Å². The van der Waals surface area contributed by atoms with Crippen LogP contribution in [0.3, 0.4) is 0 Å². The van der Waals surface area contributed by atoms with E-state index in [4.69, 9.17) is 0 Å². The molecular formula is C26H36NO2+. The van der Waals surface area contributed by atoms with Crippen molar-refractivity contribution in [3.05, 3.63) is 42.2 Å². The Labute approximate surface area is 175 Å². The van der Waals surface area contributed by atoms with Gasteiger partial charge in [-0.1, -0.05) is 31.6 Å². The normalized spacial score (nSPS) is 43.7. The quantitative estimate of drug-likeness (QED) is 0.606. The van der Waals surface area contributed by atoms with E-state index in [0.717, 1.165) is 43.9 Å². The summed E-state index contributed by atoms with van der Waals surface area (Å²) in [5.74, 6) is 2.79. The molecule has 3 saturated carbocycles. The molecule has 7 unspecified atom stereocenters. The lowest BCUT2D eigenvalue weighted by Gasteiger charge is -2.57. The Morgan fingerprint density at radius 2 is 1.86 bits per heavy atom. The number of aliphatic hydroxyl groups excluding tert-OH is 1. The Bertz CT molecular complexity index is 817. The van der Waals surface area contributed by atoms with Gasteiger partial charge in [0.15, 0.2) is 12.4 Å². The molecule has 0 aromatic carbocycles. The molecule has 4 aliphatic carbocycles. The molecule has 1 heterocycles. The Morgan fingerprint density at radius 1 is 1.07 bits per heavy atom. The first kappa shape index (κ1) is 19.5. The molecule has 0 radical (unpaired) electrons. The molecule has 0 spiro atoms. The number of ketones is 1. The number of carbonyl (C=O) groups is 1. The maximum atomic E-state index is 13.3. The van der Waals surface area contributed by atoms with Crippen LogP contribution in [0.5, 0.6) is 0 Å². The molecular weight excluding hydrogens is 358 g/mol. The molecule has 3 heteroatoms. The largest absolute Gasteiger partial charge is 0.393 e. The van der Waals surface area contributed by atoms with Gasteiger partial charge in [-0.3, -0.25) is 4.79 Å². The zero-order valence-corrected chi connectivity index (χ0v) is 18.0. The highest BCUT2D eigenvalue weighted by Crippen LogP contribution is 2.66. The molecule has 156 valence electrons. The van der Waals surface area contributed by atoms with Crippen molar-refractivity contribution in [3.63, 3.8) is 0 Å². The minimum atomic E-state index is -0.135. The van der Waals surface area contributed by atoms with Gasteiger partial charge < -0.3 is 5.11 Å². The Hall–Kier alpha value is -1.48. The number of aromatic nitrogens is 1. The molecule has 1 aromatic rings. The average Bonchev–Trinajstić information content (AvgIpc) is 3.06. The number of hydrogen-bond acceptors (Lipinski definition) is 2. The third-order valence-electron chi connectivity index (χ3n) is 9.58. The van der Waals surface area contributed by atoms with Crippen LogP contribution < -0.4 is 4.57 Å². The zero-order valence-electron chi connectivity index (χ0n) is 18.0. The van der Waals surface area contributed by atoms with Crippen molar-refractivity contribution in [1.29, 1.82) is 0 Å². The number of fused-ring (bicyclic) bond motifs is 5. The highest BCUT2D eigenvalue weighted by Gasteiger charge is 2.59. The van der Waals surface area contributed by atoms with Gasteiger partial charge in [0.05, 0.1) is 6.10 Å². The maximum absolute atomic E-state index is 13.3. The van der Waals surface area contributed by atoms with Gasteiger partial charge in [0, 0.05) is 18.1 Å². The molecule has 0 aliphatic heterocycles. The van der Waals surface area contributed by atoms with Crippen molar-refractivity contribution >= 4 is 5.78 Å². The fourth-order valence-corrected chi connectivity index (χ4v) is 8.00. The highest BCUT2D eigenvalue weighted by atomic mass is 16.3. The predicted molar refractivity (Wildman–Crippen MR) is 113 cm³/mol. The minimum Gasteiger partial charge on any atom is -0.393 e. The number of aliphatic hydroxyl groups is 1. The van der Waals surface area contributed by atoms with Crippen LogP contribution in [0.15, 0.2) is 42.2 Å². The van der Waals surface area contributed by atoms with Gasteiger partial charge in [-0.25, -0.2) is 0 Å². The molecule has 3 nitrogen and oxygen atoms in total. The van der Waals surface area contributed by atoms with E-state index in [1.165, 1.54) is 24.8 Å². The number of Topliss-reactive ketones (excluding diaryl/α,β-unsaturated/α-hetero) is 1. The van der Waals surface area contributed by atoms with E-state index in [2.05, 4.69) is 19.9 Å². The van der Waals surface area contributed by atoms with Crippen LogP contribution in [0, 0.1) is 34.5 Å². The molecule has 29 heavy (non-hydrogen) atoms. The highest BCUT2D eigenvalue weighted by molar-refractivity contribution is 5.81. The van der Waals surface area contributed by atoms with Crippen molar-refractivity contribution in [2.24, 2.45) is 34.5 Å². The fourth-order valence-electron chi connectivity index (χ4n) is 8.00. The maximum Gasteiger partial charge on any atom is 0.206 e. The molecule has 3 fully saturated rings. The summed E-state index contributed by atoms with van der Waals surface area (Å²) in [5, 5.41) is 10.2. The molecule has 0 bridgehead atoms. The second-order valence-corrected chi connectivity index (χ2v) is 10.8. The lowest BCUT2D eigenvalue weighted by atomic mass is 9.47. The first-order valence-electron chi connectivity index (χ1n) is 11.8. The van der Waals surface area contributed by atoms with Gasteiger partial charge in [-0.2, -0.15) is 4.57 Å². The van der Waals surface area contributed by atoms with Crippen LogP contribution >= 0.6 is 0 Å². The van der Waals surface area contributed by atoms with Gasteiger partial charge in [0.25, 0.3) is 0 Å². The van der Waals surface area contributed by atoms with Crippen molar-refractivity contribution < 1.29 is 14.5 Å². The minimum absolute atomic E-state index is 0.135. The van der Waals surface area contributed by atoms with Gasteiger partial charge in [-0.05, 0) is 80.0 Å². The number of nitrogens with zero attached hydrogens (tertiary/aromatic N) is 1. The lowest BCUT2D eigenvalue weighted by molar-refractivity contribution is -0.684. The van der Waals surface area contributed by atoms with Crippen LogP contribution in [0.2, 0.25) is 0 Å². The van der Waals surface area contributed by atoms with E-state index in [1.807, 2.05) is 35.2 Å². The summed E-state index contributed by atoms with van der Waals surface area (Å²) in [6.45, 7) is 5.43. The smallest absolute Gasteiger partial charge is 0.206 e. The van der Waals surface area contributed by atoms with Crippen molar-refractivity contribution in [2.45, 2.75) is 77.9 Å². The third kappa shape index (κ3) is 3.03. The SMILES string of the molecule is CC12CCC(O)CC1=CCC1C2CCC2(C)C(C(=O)C[n+]3ccccc3)CCC12. The van der Waals surface area contributed by atoms with Crippen molar-refractivity contribution in [1.82, 2.24) is 0 Å². The average molecular weight is 395 g/mol. The van der Waals surface area contributed by atoms with Crippen molar-refractivity contribution in [2.75, 3.05) is 0 Å². The summed E-state index contributed by atoms with van der Waals surface area (Å²) in [7, 11) is 0. The summed E-state index contributed by atoms with van der Waals surface area (Å²) < 4.78 is 2.04. The molecule has 7 atom stereocenters. The zero-order chi connectivity index (χ0) is 20.2. The van der Waals surface area contributed by atoms with Gasteiger partial charge in [0.1, 0.15) is 0 Å². The van der Waals surface area contributed by atoms with Crippen LogP contribution in [0.1, 0.15) is 65.2 Å². The summed E-state index contributed by atoms with van der Waals surface area (Å²) in [6.07, 6.45) is 15.3. The Balaban J connectivity index is 1.38. The molecule has 0 saturated heterocycles.